The summed E-state index contributed by atoms with van der Waals surface area (Å²) in [5, 5.41) is 3.57. The molecule has 0 radical (unpaired) electrons. The molecule has 1 saturated carbocycles. The maximum absolute atomic E-state index is 12.3. The molecule has 1 aliphatic rings. The van der Waals surface area contributed by atoms with E-state index in [0.29, 0.717) is 11.2 Å². The summed E-state index contributed by atoms with van der Waals surface area (Å²) < 4.78 is 0. The highest BCUT2D eigenvalue weighted by Crippen LogP contribution is 2.44. The fourth-order valence-electron chi connectivity index (χ4n) is 2.77. The van der Waals surface area contributed by atoms with Crippen LogP contribution in [0.5, 0.6) is 0 Å². The average molecular weight is 272 g/mol. The van der Waals surface area contributed by atoms with E-state index in [-0.39, 0.29) is 23.3 Å². The highest BCUT2D eigenvalue weighted by atomic mass is 32.2. The molecule has 0 heterocycles. The highest BCUT2D eigenvalue weighted by molar-refractivity contribution is 7.99. The molecule has 4 atom stereocenters. The smallest absolute Gasteiger partial charge is 0.223 e. The molecule has 1 amide bonds. The lowest BCUT2D eigenvalue weighted by atomic mass is 9.61. The van der Waals surface area contributed by atoms with Gasteiger partial charge in [-0.2, -0.15) is 11.8 Å². The Morgan fingerprint density at radius 2 is 2.11 bits per heavy atom. The van der Waals surface area contributed by atoms with Crippen LogP contribution in [0.2, 0.25) is 0 Å². The lowest BCUT2D eigenvalue weighted by Gasteiger charge is -2.46. The number of hydrogen-bond donors (Lipinski definition) is 2. The highest BCUT2D eigenvalue weighted by Gasteiger charge is 2.44. The molecule has 0 bridgehead atoms. The molecule has 0 spiro atoms. The van der Waals surface area contributed by atoms with E-state index in [1.807, 2.05) is 0 Å². The number of carbonyl (C=O) groups excluding carboxylic acids is 1. The molecule has 1 fully saturated rings. The minimum atomic E-state index is -0.00958. The van der Waals surface area contributed by atoms with E-state index in [9.17, 15) is 4.79 Å². The van der Waals surface area contributed by atoms with Crippen LogP contribution in [0.1, 0.15) is 40.5 Å². The Morgan fingerprint density at radius 3 is 2.67 bits per heavy atom. The van der Waals surface area contributed by atoms with Gasteiger partial charge >= 0.3 is 0 Å². The molecule has 106 valence electrons. The largest absolute Gasteiger partial charge is 0.355 e. The van der Waals surface area contributed by atoms with Crippen LogP contribution < -0.4 is 11.1 Å². The first-order valence-electron chi connectivity index (χ1n) is 6.86. The molecule has 0 aromatic carbocycles. The van der Waals surface area contributed by atoms with Gasteiger partial charge in [0.2, 0.25) is 5.91 Å². The van der Waals surface area contributed by atoms with E-state index in [0.717, 1.165) is 19.4 Å². The third kappa shape index (κ3) is 3.41. The number of thioether (sulfide) groups is 1. The zero-order valence-corrected chi connectivity index (χ0v) is 13.1. The zero-order chi connectivity index (χ0) is 13.9. The summed E-state index contributed by atoms with van der Waals surface area (Å²) >= 11 is 1.78. The second-order valence-corrected chi connectivity index (χ2v) is 7.47. The van der Waals surface area contributed by atoms with Crippen molar-refractivity contribution in [3.8, 4) is 0 Å². The summed E-state index contributed by atoms with van der Waals surface area (Å²) in [6, 6.07) is 0.231. The Morgan fingerprint density at radius 1 is 1.50 bits per heavy atom. The fourth-order valence-corrected chi connectivity index (χ4v) is 3.02. The van der Waals surface area contributed by atoms with Gasteiger partial charge in [0.05, 0.1) is 0 Å². The summed E-state index contributed by atoms with van der Waals surface area (Å²) in [5.74, 6) is 0.695. The molecule has 4 unspecified atom stereocenters. The van der Waals surface area contributed by atoms with Crippen LogP contribution >= 0.6 is 11.8 Å². The molecule has 0 saturated heterocycles. The van der Waals surface area contributed by atoms with Gasteiger partial charge in [-0.3, -0.25) is 4.79 Å². The molecule has 0 aliphatic heterocycles. The number of carbonyl (C=O) groups is 1. The van der Waals surface area contributed by atoms with E-state index in [2.05, 4.69) is 39.3 Å². The maximum Gasteiger partial charge on any atom is 0.223 e. The van der Waals surface area contributed by atoms with Crippen molar-refractivity contribution in [2.75, 3.05) is 12.8 Å². The van der Waals surface area contributed by atoms with Gasteiger partial charge in [0.25, 0.3) is 0 Å². The van der Waals surface area contributed by atoms with Crippen molar-refractivity contribution in [1.29, 1.82) is 0 Å². The molecule has 18 heavy (non-hydrogen) atoms. The third-order valence-corrected chi connectivity index (χ3v) is 5.76. The van der Waals surface area contributed by atoms with Crippen LogP contribution in [0.4, 0.5) is 0 Å². The summed E-state index contributed by atoms with van der Waals surface area (Å²) in [5.41, 5.74) is 6.12. The summed E-state index contributed by atoms with van der Waals surface area (Å²) in [6.45, 7) is 9.43. The first-order chi connectivity index (χ1) is 8.30. The van der Waals surface area contributed by atoms with Crippen LogP contribution in [-0.4, -0.2) is 30.0 Å². The molecule has 1 aliphatic carbocycles. The molecule has 3 N–H and O–H groups in total. The van der Waals surface area contributed by atoms with Gasteiger partial charge in [-0.05, 0) is 30.4 Å². The Kier molecular flexibility index (Phi) is 5.53. The third-order valence-electron chi connectivity index (χ3n) is 4.79. The van der Waals surface area contributed by atoms with Gasteiger partial charge in [0.15, 0.2) is 0 Å². The SMILES string of the molecule is CSC(C)CNC(=O)C1CCC(N)C(C)C1(C)C. The Hall–Kier alpha value is -0.220. The first-order valence-corrected chi connectivity index (χ1v) is 8.15. The van der Waals surface area contributed by atoms with E-state index < -0.39 is 0 Å². The van der Waals surface area contributed by atoms with Crippen LogP contribution in [0, 0.1) is 17.3 Å². The van der Waals surface area contributed by atoms with E-state index in [4.69, 9.17) is 5.73 Å². The summed E-state index contributed by atoms with van der Waals surface area (Å²) in [4.78, 5) is 12.3. The maximum atomic E-state index is 12.3. The quantitative estimate of drug-likeness (QED) is 0.825. The summed E-state index contributed by atoms with van der Waals surface area (Å²) in [6.07, 6.45) is 3.95. The Bertz CT molecular complexity index is 294. The van der Waals surface area contributed by atoms with E-state index in [1.54, 1.807) is 11.8 Å². The zero-order valence-electron chi connectivity index (χ0n) is 12.3. The number of nitrogens with one attached hydrogen (secondary N) is 1. The van der Waals surface area contributed by atoms with Crippen LogP contribution in [0.25, 0.3) is 0 Å². The van der Waals surface area contributed by atoms with Gasteiger partial charge in [-0.15, -0.1) is 0 Å². The standard InChI is InChI=1S/C14H28N2OS/c1-9(18-5)8-16-13(17)11-6-7-12(15)10(2)14(11,3)4/h9-12H,6-8,15H2,1-5H3,(H,16,17). The lowest BCUT2D eigenvalue weighted by molar-refractivity contribution is -0.132. The minimum Gasteiger partial charge on any atom is -0.355 e. The minimum absolute atomic E-state index is 0.00958. The number of amides is 1. The second-order valence-electron chi connectivity index (χ2n) is 6.20. The monoisotopic (exact) mass is 272 g/mol. The topological polar surface area (TPSA) is 55.1 Å². The van der Waals surface area contributed by atoms with Crippen molar-refractivity contribution < 1.29 is 4.79 Å². The van der Waals surface area contributed by atoms with Gasteiger partial charge < -0.3 is 11.1 Å². The molecule has 4 heteroatoms. The van der Waals surface area contributed by atoms with Gasteiger partial charge in [-0.25, -0.2) is 0 Å². The van der Waals surface area contributed by atoms with Gasteiger partial charge in [0.1, 0.15) is 0 Å². The second kappa shape index (κ2) is 6.29. The van der Waals surface area contributed by atoms with Crippen LogP contribution in [0.15, 0.2) is 0 Å². The molecule has 0 aromatic heterocycles. The molecular weight excluding hydrogens is 244 g/mol. The van der Waals surface area contributed by atoms with E-state index in [1.165, 1.54) is 0 Å². The Labute approximate surface area is 116 Å². The predicted octanol–water partition coefficient (Wildman–Crippen LogP) is 2.25. The molecule has 1 rings (SSSR count). The molecule has 0 aromatic rings. The lowest BCUT2D eigenvalue weighted by Crippen LogP contribution is -2.52. The van der Waals surface area contributed by atoms with Crippen molar-refractivity contribution in [3.63, 3.8) is 0 Å². The summed E-state index contributed by atoms with van der Waals surface area (Å²) in [7, 11) is 0. The fraction of sp³-hybridized carbons (Fsp3) is 0.929. The van der Waals surface area contributed by atoms with Crippen molar-refractivity contribution in [3.05, 3.63) is 0 Å². The molecule has 3 nitrogen and oxygen atoms in total. The number of rotatable bonds is 4. The number of hydrogen-bond acceptors (Lipinski definition) is 3. The van der Waals surface area contributed by atoms with Crippen molar-refractivity contribution in [2.24, 2.45) is 23.0 Å². The normalized spacial score (nSPS) is 32.9. The molecular formula is C14H28N2OS. The van der Waals surface area contributed by atoms with Gasteiger partial charge in [-0.1, -0.05) is 27.7 Å². The van der Waals surface area contributed by atoms with Crippen LogP contribution in [0.3, 0.4) is 0 Å². The Balaban J connectivity index is 2.62. The predicted molar refractivity (Wildman–Crippen MR) is 79.6 cm³/mol. The van der Waals surface area contributed by atoms with Crippen LogP contribution in [-0.2, 0) is 4.79 Å². The van der Waals surface area contributed by atoms with E-state index >= 15 is 0 Å². The van der Waals surface area contributed by atoms with Crippen molar-refractivity contribution >= 4 is 17.7 Å². The van der Waals surface area contributed by atoms with Crippen molar-refractivity contribution in [2.45, 2.75) is 51.8 Å². The number of nitrogens with two attached hydrogens (primary N) is 1. The van der Waals surface area contributed by atoms with Crippen molar-refractivity contribution in [1.82, 2.24) is 5.32 Å². The average Bonchev–Trinajstić information content (AvgIpc) is 2.32. The van der Waals surface area contributed by atoms with Gasteiger partial charge in [0, 0.05) is 23.8 Å². The first kappa shape index (κ1) is 15.8.